The smallest absolute Gasteiger partial charge is 0.221 e. The van der Waals surface area contributed by atoms with E-state index in [1.807, 2.05) is 10.9 Å². The standard InChI is InChI=1S/C9H15N3O/c1-7(2)5-12-6-9(4-10-12)11-8(3)13/h4,6-7H,5H2,1-3H3,(H,11,13). The second kappa shape index (κ2) is 4.07. The summed E-state index contributed by atoms with van der Waals surface area (Å²) in [4.78, 5) is 10.7. The van der Waals surface area contributed by atoms with E-state index in [-0.39, 0.29) is 5.91 Å². The highest BCUT2D eigenvalue weighted by Crippen LogP contribution is 2.06. The summed E-state index contributed by atoms with van der Waals surface area (Å²) in [5, 5.41) is 6.79. The maximum absolute atomic E-state index is 10.7. The summed E-state index contributed by atoms with van der Waals surface area (Å²) < 4.78 is 1.83. The maximum Gasteiger partial charge on any atom is 0.221 e. The number of hydrogen-bond acceptors (Lipinski definition) is 2. The molecule has 4 nitrogen and oxygen atoms in total. The van der Waals surface area contributed by atoms with Crippen molar-refractivity contribution in [2.24, 2.45) is 5.92 Å². The molecule has 0 atom stereocenters. The normalized spacial score (nSPS) is 10.5. The first-order valence-electron chi connectivity index (χ1n) is 4.38. The second-order valence-corrected chi connectivity index (χ2v) is 3.53. The quantitative estimate of drug-likeness (QED) is 0.768. The van der Waals surface area contributed by atoms with Gasteiger partial charge in [0.25, 0.3) is 0 Å². The van der Waals surface area contributed by atoms with Crippen molar-refractivity contribution in [2.45, 2.75) is 27.3 Å². The number of amides is 1. The molecule has 0 bridgehead atoms. The van der Waals surface area contributed by atoms with Crippen LogP contribution < -0.4 is 5.32 Å². The van der Waals surface area contributed by atoms with Gasteiger partial charge in [-0.25, -0.2) is 0 Å². The molecule has 1 N–H and O–H groups in total. The van der Waals surface area contributed by atoms with E-state index in [0.717, 1.165) is 12.2 Å². The fourth-order valence-corrected chi connectivity index (χ4v) is 1.11. The molecule has 0 aromatic carbocycles. The first kappa shape index (κ1) is 9.77. The van der Waals surface area contributed by atoms with Crippen molar-refractivity contribution in [1.29, 1.82) is 0 Å². The molecule has 0 saturated heterocycles. The van der Waals surface area contributed by atoms with Crippen molar-refractivity contribution < 1.29 is 4.79 Å². The third-order valence-electron chi connectivity index (χ3n) is 1.51. The van der Waals surface area contributed by atoms with Crippen LogP contribution in [-0.4, -0.2) is 15.7 Å². The van der Waals surface area contributed by atoms with Crippen LogP contribution in [-0.2, 0) is 11.3 Å². The lowest BCUT2D eigenvalue weighted by Crippen LogP contribution is -2.06. The Morgan fingerprint density at radius 2 is 2.38 bits per heavy atom. The molecule has 0 unspecified atom stereocenters. The lowest BCUT2D eigenvalue weighted by molar-refractivity contribution is -0.114. The van der Waals surface area contributed by atoms with Gasteiger partial charge in [-0.2, -0.15) is 5.10 Å². The van der Waals surface area contributed by atoms with Crippen molar-refractivity contribution >= 4 is 11.6 Å². The van der Waals surface area contributed by atoms with Crippen LogP contribution in [0.2, 0.25) is 0 Å². The van der Waals surface area contributed by atoms with Gasteiger partial charge in [0.05, 0.1) is 11.9 Å². The molecule has 0 aliphatic rings. The maximum atomic E-state index is 10.7. The molecule has 0 aliphatic carbocycles. The predicted molar refractivity (Wildman–Crippen MR) is 51.4 cm³/mol. The molecular formula is C9H15N3O. The van der Waals surface area contributed by atoms with Crippen molar-refractivity contribution in [2.75, 3.05) is 5.32 Å². The van der Waals surface area contributed by atoms with Crippen LogP contribution in [0.25, 0.3) is 0 Å². The van der Waals surface area contributed by atoms with Crippen LogP contribution in [0.1, 0.15) is 20.8 Å². The van der Waals surface area contributed by atoms with E-state index in [1.165, 1.54) is 6.92 Å². The van der Waals surface area contributed by atoms with Gasteiger partial charge < -0.3 is 5.32 Å². The Morgan fingerprint density at radius 3 is 2.92 bits per heavy atom. The Bertz CT molecular complexity index is 291. The topological polar surface area (TPSA) is 46.9 Å². The molecule has 1 amide bonds. The largest absolute Gasteiger partial charge is 0.324 e. The van der Waals surface area contributed by atoms with Gasteiger partial charge in [-0.05, 0) is 5.92 Å². The Morgan fingerprint density at radius 1 is 1.69 bits per heavy atom. The lowest BCUT2D eigenvalue weighted by atomic mass is 10.2. The Kier molecular flexibility index (Phi) is 3.06. The van der Waals surface area contributed by atoms with Crippen LogP contribution in [0.3, 0.4) is 0 Å². The summed E-state index contributed by atoms with van der Waals surface area (Å²) in [7, 11) is 0. The molecule has 4 heteroatoms. The predicted octanol–water partition coefficient (Wildman–Crippen LogP) is 1.50. The van der Waals surface area contributed by atoms with Crippen LogP contribution >= 0.6 is 0 Å². The van der Waals surface area contributed by atoms with Crippen LogP contribution in [0.5, 0.6) is 0 Å². The highest BCUT2D eigenvalue weighted by Gasteiger charge is 2.01. The zero-order valence-corrected chi connectivity index (χ0v) is 8.24. The molecule has 1 aromatic heterocycles. The molecular weight excluding hydrogens is 166 g/mol. The van der Waals surface area contributed by atoms with E-state index in [0.29, 0.717) is 5.92 Å². The molecule has 72 valence electrons. The molecule has 0 spiro atoms. The fourth-order valence-electron chi connectivity index (χ4n) is 1.11. The summed E-state index contributed by atoms with van der Waals surface area (Å²) in [5.74, 6) is 0.495. The number of anilines is 1. The number of rotatable bonds is 3. The van der Waals surface area contributed by atoms with Gasteiger partial charge in [0.1, 0.15) is 0 Å². The Labute approximate surface area is 77.9 Å². The Hall–Kier alpha value is -1.32. The van der Waals surface area contributed by atoms with Crippen molar-refractivity contribution in [3.63, 3.8) is 0 Å². The van der Waals surface area contributed by atoms with E-state index in [1.54, 1.807) is 6.20 Å². The van der Waals surface area contributed by atoms with Crippen LogP contribution in [0, 0.1) is 5.92 Å². The molecule has 0 saturated carbocycles. The molecule has 0 fully saturated rings. The van der Waals surface area contributed by atoms with Gasteiger partial charge in [-0.3, -0.25) is 9.48 Å². The summed E-state index contributed by atoms with van der Waals surface area (Å²) in [6.07, 6.45) is 3.49. The number of hydrogen-bond donors (Lipinski definition) is 1. The summed E-state index contributed by atoms with van der Waals surface area (Å²) in [6, 6.07) is 0. The summed E-state index contributed by atoms with van der Waals surface area (Å²) in [5.41, 5.74) is 0.758. The van der Waals surface area contributed by atoms with E-state index in [2.05, 4.69) is 24.3 Å². The van der Waals surface area contributed by atoms with Gasteiger partial charge in [0.15, 0.2) is 0 Å². The zero-order chi connectivity index (χ0) is 9.84. The summed E-state index contributed by atoms with van der Waals surface area (Å²) >= 11 is 0. The molecule has 1 rings (SSSR count). The van der Waals surface area contributed by atoms with Crippen molar-refractivity contribution in [1.82, 2.24) is 9.78 Å². The minimum atomic E-state index is -0.0657. The van der Waals surface area contributed by atoms with E-state index in [9.17, 15) is 4.79 Å². The van der Waals surface area contributed by atoms with E-state index >= 15 is 0 Å². The average Bonchev–Trinajstić information content (AvgIpc) is 2.33. The Balaban J connectivity index is 2.58. The van der Waals surface area contributed by atoms with E-state index in [4.69, 9.17) is 0 Å². The number of nitrogens with one attached hydrogen (secondary N) is 1. The lowest BCUT2D eigenvalue weighted by Gasteiger charge is -2.03. The number of nitrogens with zero attached hydrogens (tertiary/aromatic N) is 2. The minimum Gasteiger partial charge on any atom is -0.324 e. The summed E-state index contributed by atoms with van der Waals surface area (Å²) in [6.45, 7) is 6.61. The number of aromatic nitrogens is 2. The SMILES string of the molecule is CC(=O)Nc1cnn(CC(C)C)c1. The molecule has 1 aromatic rings. The zero-order valence-electron chi connectivity index (χ0n) is 8.24. The van der Waals surface area contributed by atoms with Gasteiger partial charge in [0.2, 0.25) is 5.91 Å². The van der Waals surface area contributed by atoms with Crippen LogP contribution in [0.15, 0.2) is 12.4 Å². The van der Waals surface area contributed by atoms with Gasteiger partial charge in [0, 0.05) is 19.7 Å². The van der Waals surface area contributed by atoms with Gasteiger partial charge >= 0.3 is 0 Å². The molecule has 1 heterocycles. The average molecular weight is 181 g/mol. The highest BCUT2D eigenvalue weighted by molar-refractivity contribution is 5.88. The highest BCUT2D eigenvalue weighted by atomic mass is 16.1. The van der Waals surface area contributed by atoms with Crippen molar-refractivity contribution in [3.05, 3.63) is 12.4 Å². The van der Waals surface area contributed by atoms with Gasteiger partial charge in [-0.15, -0.1) is 0 Å². The number of carbonyl (C=O) groups is 1. The minimum absolute atomic E-state index is 0.0657. The van der Waals surface area contributed by atoms with Gasteiger partial charge in [-0.1, -0.05) is 13.8 Å². The number of carbonyl (C=O) groups excluding carboxylic acids is 1. The molecule has 0 radical (unpaired) electrons. The molecule has 13 heavy (non-hydrogen) atoms. The fraction of sp³-hybridized carbons (Fsp3) is 0.556. The van der Waals surface area contributed by atoms with Crippen LogP contribution in [0.4, 0.5) is 5.69 Å². The second-order valence-electron chi connectivity index (χ2n) is 3.53. The molecule has 0 aliphatic heterocycles. The third-order valence-corrected chi connectivity index (χ3v) is 1.51. The third kappa shape index (κ3) is 3.27. The van der Waals surface area contributed by atoms with E-state index < -0.39 is 0 Å². The first-order chi connectivity index (χ1) is 6.08. The first-order valence-corrected chi connectivity index (χ1v) is 4.38. The van der Waals surface area contributed by atoms with Crippen molar-refractivity contribution in [3.8, 4) is 0 Å². The monoisotopic (exact) mass is 181 g/mol.